The van der Waals surface area contributed by atoms with Crippen LogP contribution in [0.5, 0.6) is 0 Å². The van der Waals surface area contributed by atoms with Gasteiger partial charge in [-0.15, -0.1) is 0 Å². The topological polar surface area (TPSA) is 102 Å². The van der Waals surface area contributed by atoms with E-state index in [0.29, 0.717) is 18.4 Å². The molecule has 0 aliphatic carbocycles. The summed E-state index contributed by atoms with van der Waals surface area (Å²) in [5, 5.41) is 2.50. The summed E-state index contributed by atoms with van der Waals surface area (Å²) < 4.78 is 12.9. The van der Waals surface area contributed by atoms with Crippen molar-refractivity contribution in [2.75, 3.05) is 0 Å². The van der Waals surface area contributed by atoms with E-state index < -0.39 is 29.1 Å². The van der Waals surface area contributed by atoms with Gasteiger partial charge in [0, 0.05) is 0 Å². The van der Waals surface area contributed by atoms with Gasteiger partial charge in [-0.05, 0) is 44.4 Å². The highest BCUT2D eigenvalue weighted by Crippen LogP contribution is 2.07. The average Bonchev–Trinajstić information content (AvgIpc) is 2.53. The molecule has 0 atom stereocenters. The molecule has 0 aliphatic heterocycles. The Kier molecular flexibility index (Phi) is 7.42. The molecule has 1 aromatic carbocycles. The Bertz CT molecular complexity index is 667. The number of carbonyl (C=O) groups excluding carboxylic acids is 3. The predicted molar refractivity (Wildman–Crippen MR) is 93.5 cm³/mol. The molecule has 0 saturated heterocycles. The molecule has 0 bridgehead atoms. The summed E-state index contributed by atoms with van der Waals surface area (Å²) in [5.74, 6) is -2.18. The minimum atomic E-state index is -1.25. The summed E-state index contributed by atoms with van der Waals surface area (Å²) in [6.45, 7) is 4.90. The van der Waals surface area contributed by atoms with E-state index in [4.69, 9.17) is 5.73 Å². The number of nitrogens with one attached hydrogen (secondary N) is 1. The molecule has 0 heterocycles. The average molecular weight is 349 g/mol. The van der Waals surface area contributed by atoms with Crippen LogP contribution in [0.2, 0.25) is 0 Å². The number of amides is 3. The van der Waals surface area contributed by atoms with Crippen LogP contribution in [0.4, 0.5) is 4.39 Å². The molecule has 0 unspecified atom stereocenters. The summed E-state index contributed by atoms with van der Waals surface area (Å²) in [5.41, 5.74) is 4.66. The smallest absolute Gasteiger partial charge is 0.266 e. The number of rotatable bonds is 8. The molecule has 0 fully saturated rings. The molecule has 1 rings (SSSR count). The number of carbonyl (C=O) groups is 3. The summed E-state index contributed by atoms with van der Waals surface area (Å²) in [6.07, 6.45) is 1.76. The first-order valence-corrected chi connectivity index (χ1v) is 8.13. The van der Waals surface area contributed by atoms with Crippen LogP contribution in [0, 0.1) is 5.82 Å². The van der Waals surface area contributed by atoms with E-state index in [1.807, 2.05) is 6.92 Å². The lowest BCUT2D eigenvalue weighted by molar-refractivity contribution is -0.127. The first-order chi connectivity index (χ1) is 11.7. The van der Waals surface area contributed by atoms with Crippen LogP contribution < -0.4 is 11.1 Å². The van der Waals surface area contributed by atoms with Crippen molar-refractivity contribution in [3.63, 3.8) is 0 Å². The number of nitrogens with zero attached hydrogens (tertiary/aromatic N) is 1. The fraction of sp³-hybridized carbons (Fsp3) is 0.444. The minimum Gasteiger partial charge on any atom is -0.368 e. The van der Waals surface area contributed by atoms with Gasteiger partial charge in [-0.2, -0.15) is 0 Å². The number of hydrogen-bond donors (Lipinski definition) is 2. The lowest BCUT2D eigenvalue weighted by Crippen LogP contribution is -2.54. The summed E-state index contributed by atoms with van der Waals surface area (Å²) >= 11 is 0. The van der Waals surface area contributed by atoms with Gasteiger partial charge in [0.1, 0.15) is 17.1 Å². The molecule has 7 heteroatoms. The van der Waals surface area contributed by atoms with Gasteiger partial charge < -0.3 is 11.1 Å². The largest absolute Gasteiger partial charge is 0.368 e. The number of benzene rings is 1. The lowest BCUT2D eigenvalue weighted by atomic mass is 10.0. The van der Waals surface area contributed by atoms with Crippen LogP contribution in [-0.4, -0.2) is 29.0 Å². The SMILES string of the molecule is CCCC/C(=N\C(=O)Cc1ccc(F)cc1)C(=O)NC(C)(C)C(N)=O. The molecule has 6 nitrogen and oxygen atoms in total. The molecule has 25 heavy (non-hydrogen) atoms. The number of aliphatic imine (C=N–C) groups is 1. The van der Waals surface area contributed by atoms with E-state index >= 15 is 0 Å². The maximum absolute atomic E-state index is 12.9. The highest BCUT2D eigenvalue weighted by Gasteiger charge is 2.28. The van der Waals surface area contributed by atoms with Crippen molar-refractivity contribution in [1.29, 1.82) is 0 Å². The third kappa shape index (κ3) is 6.82. The fourth-order valence-electron chi connectivity index (χ4n) is 1.95. The van der Waals surface area contributed by atoms with Crippen molar-refractivity contribution >= 4 is 23.4 Å². The van der Waals surface area contributed by atoms with Gasteiger partial charge in [-0.25, -0.2) is 9.38 Å². The van der Waals surface area contributed by atoms with Gasteiger partial charge in [0.05, 0.1) is 6.42 Å². The van der Waals surface area contributed by atoms with Crippen LogP contribution in [0.1, 0.15) is 45.6 Å². The lowest BCUT2D eigenvalue weighted by Gasteiger charge is -2.22. The molecule has 0 saturated carbocycles. The molecular weight excluding hydrogens is 325 g/mol. The third-order valence-corrected chi connectivity index (χ3v) is 3.60. The summed E-state index contributed by atoms with van der Waals surface area (Å²) in [6, 6.07) is 5.49. The molecule has 0 aromatic heterocycles. The Morgan fingerprint density at radius 2 is 1.80 bits per heavy atom. The van der Waals surface area contributed by atoms with Crippen molar-refractivity contribution in [1.82, 2.24) is 5.32 Å². The number of nitrogens with two attached hydrogens (primary N) is 1. The number of halogens is 1. The number of primary amides is 1. The van der Waals surface area contributed by atoms with Gasteiger partial charge in [0.2, 0.25) is 5.91 Å². The van der Waals surface area contributed by atoms with Gasteiger partial charge in [-0.1, -0.05) is 25.5 Å². The molecule has 1 aromatic rings. The first-order valence-electron chi connectivity index (χ1n) is 8.13. The van der Waals surface area contributed by atoms with Crippen molar-refractivity contribution in [3.8, 4) is 0 Å². The molecule has 3 N–H and O–H groups in total. The van der Waals surface area contributed by atoms with E-state index in [2.05, 4.69) is 10.3 Å². The molecular formula is C18H24FN3O3. The van der Waals surface area contributed by atoms with Crippen LogP contribution in [0.25, 0.3) is 0 Å². The Labute approximate surface area is 146 Å². The fourth-order valence-corrected chi connectivity index (χ4v) is 1.95. The van der Waals surface area contributed by atoms with Crippen molar-refractivity contribution < 1.29 is 18.8 Å². The summed E-state index contributed by atoms with van der Waals surface area (Å²) in [7, 11) is 0. The normalized spacial score (nSPS) is 11.9. The molecule has 0 spiro atoms. The first kappa shape index (κ1) is 20.5. The third-order valence-electron chi connectivity index (χ3n) is 3.60. The zero-order valence-electron chi connectivity index (χ0n) is 14.8. The second-order valence-corrected chi connectivity index (χ2v) is 6.30. The maximum atomic E-state index is 12.9. The monoisotopic (exact) mass is 349 g/mol. The second kappa shape index (κ2) is 9.05. The zero-order chi connectivity index (χ0) is 19.0. The molecule has 136 valence electrons. The Morgan fingerprint density at radius 3 is 2.32 bits per heavy atom. The van der Waals surface area contributed by atoms with Gasteiger partial charge in [0.25, 0.3) is 11.8 Å². The van der Waals surface area contributed by atoms with Crippen LogP contribution in [-0.2, 0) is 20.8 Å². The van der Waals surface area contributed by atoms with E-state index in [0.717, 1.165) is 6.42 Å². The van der Waals surface area contributed by atoms with E-state index in [9.17, 15) is 18.8 Å². The van der Waals surface area contributed by atoms with Crippen LogP contribution >= 0.6 is 0 Å². The Balaban J connectivity index is 2.90. The summed E-state index contributed by atoms with van der Waals surface area (Å²) in [4.78, 5) is 39.7. The Morgan fingerprint density at radius 1 is 1.20 bits per heavy atom. The van der Waals surface area contributed by atoms with Gasteiger partial charge in [-0.3, -0.25) is 14.4 Å². The molecule has 3 amide bonds. The maximum Gasteiger partial charge on any atom is 0.266 e. The number of unbranched alkanes of at least 4 members (excludes halogenated alkanes) is 1. The van der Waals surface area contributed by atoms with Crippen molar-refractivity contribution in [2.24, 2.45) is 10.7 Å². The van der Waals surface area contributed by atoms with E-state index in [-0.39, 0.29) is 12.1 Å². The highest BCUT2D eigenvalue weighted by molar-refractivity contribution is 6.40. The highest BCUT2D eigenvalue weighted by atomic mass is 19.1. The van der Waals surface area contributed by atoms with Crippen LogP contribution in [0.15, 0.2) is 29.3 Å². The van der Waals surface area contributed by atoms with Crippen molar-refractivity contribution in [2.45, 2.75) is 52.0 Å². The molecule has 0 aliphatic rings. The number of hydrogen-bond acceptors (Lipinski definition) is 3. The predicted octanol–water partition coefficient (Wildman–Crippen LogP) is 1.91. The Hall–Kier alpha value is -2.57. The zero-order valence-corrected chi connectivity index (χ0v) is 14.8. The van der Waals surface area contributed by atoms with Gasteiger partial charge in [0.15, 0.2) is 0 Å². The molecule has 0 radical (unpaired) electrons. The van der Waals surface area contributed by atoms with Crippen LogP contribution in [0.3, 0.4) is 0 Å². The minimum absolute atomic E-state index is 0.0393. The second-order valence-electron chi connectivity index (χ2n) is 6.30. The standard InChI is InChI=1S/C18H24FN3O3/c1-4-5-6-14(16(24)22-18(2,3)17(20)25)21-15(23)11-12-7-9-13(19)10-8-12/h7-10H,4-6,11H2,1-3H3,(H2,20,25)(H,22,24)/b21-14+. The van der Waals surface area contributed by atoms with E-state index in [1.165, 1.54) is 38.1 Å². The van der Waals surface area contributed by atoms with Gasteiger partial charge >= 0.3 is 0 Å². The quantitative estimate of drug-likeness (QED) is 0.701. The van der Waals surface area contributed by atoms with E-state index in [1.54, 1.807) is 0 Å². The van der Waals surface area contributed by atoms with Crippen molar-refractivity contribution in [3.05, 3.63) is 35.6 Å².